The predicted molar refractivity (Wildman–Crippen MR) is 77.3 cm³/mol. The maximum absolute atomic E-state index is 13.0. The lowest BCUT2D eigenvalue weighted by Crippen LogP contribution is -2.02. The highest BCUT2D eigenvalue weighted by molar-refractivity contribution is 14.1. The van der Waals surface area contributed by atoms with E-state index in [2.05, 4.69) is 27.9 Å². The van der Waals surface area contributed by atoms with Crippen LogP contribution >= 0.6 is 22.6 Å². The third-order valence-electron chi connectivity index (χ3n) is 2.46. The molecule has 0 aliphatic heterocycles. The third kappa shape index (κ3) is 3.10. The van der Waals surface area contributed by atoms with Crippen molar-refractivity contribution < 1.29 is 8.78 Å². The Kier molecular flexibility index (Phi) is 4.00. The Hall–Kier alpha value is -1.37. The lowest BCUT2D eigenvalue weighted by molar-refractivity contribution is 0.507. The molecule has 0 bridgehead atoms. The van der Waals surface area contributed by atoms with E-state index in [4.69, 9.17) is 5.73 Å². The van der Waals surface area contributed by atoms with Crippen molar-refractivity contribution in [2.45, 2.75) is 6.54 Å². The van der Waals surface area contributed by atoms with Gasteiger partial charge in [0.1, 0.15) is 0 Å². The van der Waals surface area contributed by atoms with Crippen LogP contribution in [0.3, 0.4) is 0 Å². The molecule has 2 aromatic carbocycles. The molecule has 0 aromatic heterocycles. The van der Waals surface area contributed by atoms with Crippen LogP contribution in [0.2, 0.25) is 0 Å². The van der Waals surface area contributed by atoms with Gasteiger partial charge in [-0.2, -0.15) is 0 Å². The minimum atomic E-state index is -0.833. The van der Waals surface area contributed by atoms with Crippen LogP contribution in [0.5, 0.6) is 0 Å². The fraction of sp³-hybridized carbons (Fsp3) is 0.0769. The van der Waals surface area contributed by atoms with Crippen molar-refractivity contribution in [1.29, 1.82) is 0 Å². The second kappa shape index (κ2) is 5.51. The molecule has 0 unspecified atom stereocenters. The summed E-state index contributed by atoms with van der Waals surface area (Å²) in [7, 11) is 0. The van der Waals surface area contributed by atoms with Crippen molar-refractivity contribution in [1.82, 2.24) is 0 Å². The van der Waals surface area contributed by atoms with E-state index >= 15 is 0 Å². The number of nitrogens with two attached hydrogens (primary N) is 1. The van der Waals surface area contributed by atoms with Gasteiger partial charge in [0.05, 0.1) is 0 Å². The molecule has 0 radical (unpaired) electrons. The first-order valence-corrected chi connectivity index (χ1v) is 6.37. The number of hydrogen-bond donors (Lipinski definition) is 2. The first-order valence-electron chi connectivity index (χ1n) is 5.29. The van der Waals surface area contributed by atoms with Crippen molar-refractivity contribution in [3.8, 4) is 0 Å². The van der Waals surface area contributed by atoms with Crippen LogP contribution in [0.25, 0.3) is 0 Å². The molecule has 0 amide bonds. The van der Waals surface area contributed by atoms with E-state index in [1.807, 2.05) is 12.1 Å². The van der Waals surface area contributed by atoms with Gasteiger partial charge in [0.2, 0.25) is 0 Å². The Bertz CT molecular complexity index is 573. The van der Waals surface area contributed by atoms with Gasteiger partial charge in [-0.25, -0.2) is 8.78 Å². The molecule has 0 spiro atoms. The summed E-state index contributed by atoms with van der Waals surface area (Å²) in [5, 5.41) is 3.15. The molecule has 18 heavy (non-hydrogen) atoms. The van der Waals surface area contributed by atoms with Crippen LogP contribution in [-0.4, -0.2) is 0 Å². The molecule has 94 valence electrons. The highest BCUT2D eigenvalue weighted by atomic mass is 127. The normalized spacial score (nSPS) is 10.4. The Labute approximate surface area is 117 Å². The molecule has 0 heterocycles. The highest BCUT2D eigenvalue weighted by Gasteiger charge is 2.04. The molecule has 0 saturated carbocycles. The molecule has 3 N–H and O–H groups in total. The number of nitrogens with one attached hydrogen (secondary N) is 1. The van der Waals surface area contributed by atoms with Crippen LogP contribution in [-0.2, 0) is 6.54 Å². The molecule has 2 rings (SSSR count). The van der Waals surface area contributed by atoms with Gasteiger partial charge in [0.15, 0.2) is 11.6 Å². The quantitative estimate of drug-likeness (QED) is 0.646. The molecule has 0 atom stereocenters. The Morgan fingerprint density at radius 2 is 1.83 bits per heavy atom. The standard InChI is InChI=1S/C13H11F2IN2/c14-10-3-1-8(5-11(10)15)7-18-13-4-2-9(17)6-12(13)16/h1-6,18H,7,17H2. The van der Waals surface area contributed by atoms with Gasteiger partial charge in [-0.1, -0.05) is 6.07 Å². The second-order valence-electron chi connectivity index (χ2n) is 3.84. The first-order chi connectivity index (χ1) is 8.56. The van der Waals surface area contributed by atoms with Crippen molar-refractivity contribution in [3.63, 3.8) is 0 Å². The highest BCUT2D eigenvalue weighted by Crippen LogP contribution is 2.21. The maximum Gasteiger partial charge on any atom is 0.159 e. The zero-order valence-electron chi connectivity index (χ0n) is 9.38. The molecule has 2 nitrogen and oxygen atoms in total. The van der Waals surface area contributed by atoms with E-state index in [9.17, 15) is 8.78 Å². The Morgan fingerprint density at radius 3 is 2.50 bits per heavy atom. The summed E-state index contributed by atoms with van der Waals surface area (Å²) in [5.41, 5.74) is 7.93. The van der Waals surface area contributed by atoms with Gasteiger partial charge in [-0.3, -0.25) is 0 Å². The zero-order chi connectivity index (χ0) is 13.1. The summed E-state index contributed by atoms with van der Waals surface area (Å²) >= 11 is 2.16. The number of nitrogen functional groups attached to an aromatic ring is 1. The fourth-order valence-corrected chi connectivity index (χ4v) is 2.25. The van der Waals surface area contributed by atoms with E-state index in [0.717, 1.165) is 15.3 Å². The average molecular weight is 360 g/mol. The second-order valence-corrected chi connectivity index (χ2v) is 5.00. The molecular formula is C13H11F2IN2. The number of benzene rings is 2. The summed E-state index contributed by atoms with van der Waals surface area (Å²) in [6, 6.07) is 9.35. The van der Waals surface area contributed by atoms with Crippen LogP contribution in [0.15, 0.2) is 36.4 Å². The van der Waals surface area contributed by atoms with Crippen LogP contribution in [0.1, 0.15) is 5.56 Å². The molecule has 0 fully saturated rings. The molecule has 0 aliphatic rings. The largest absolute Gasteiger partial charge is 0.399 e. The maximum atomic E-state index is 13.0. The SMILES string of the molecule is Nc1ccc(NCc2ccc(F)c(F)c2)c(I)c1. The van der Waals surface area contributed by atoms with Gasteiger partial charge in [0, 0.05) is 21.5 Å². The van der Waals surface area contributed by atoms with Gasteiger partial charge < -0.3 is 11.1 Å². The summed E-state index contributed by atoms with van der Waals surface area (Å²) in [6.07, 6.45) is 0. The van der Waals surface area contributed by atoms with E-state index in [1.165, 1.54) is 6.07 Å². The fourth-order valence-electron chi connectivity index (χ4n) is 1.52. The zero-order valence-corrected chi connectivity index (χ0v) is 11.5. The van der Waals surface area contributed by atoms with Gasteiger partial charge in [-0.15, -0.1) is 0 Å². The Morgan fingerprint density at radius 1 is 1.06 bits per heavy atom. The van der Waals surface area contributed by atoms with E-state index in [0.29, 0.717) is 17.8 Å². The number of hydrogen-bond acceptors (Lipinski definition) is 2. The van der Waals surface area contributed by atoms with Crippen LogP contribution in [0.4, 0.5) is 20.2 Å². The minimum Gasteiger partial charge on any atom is -0.399 e. The minimum absolute atomic E-state index is 0.428. The molecule has 0 saturated heterocycles. The molecular weight excluding hydrogens is 349 g/mol. The smallest absolute Gasteiger partial charge is 0.159 e. The molecule has 5 heteroatoms. The Balaban J connectivity index is 2.09. The number of halogens is 3. The monoisotopic (exact) mass is 360 g/mol. The number of rotatable bonds is 3. The predicted octanol–water partition coefficient (Wildman–Crippen LogP) is 3.76. The van der Waals surface area contributed by atoms with Crippen LogP contribution < -0.4 is 11.1 Å². The first kappa shape index (κ1) is 13.1. The van der Waals surface area contributed by atoms with Crippen molar-refractivity contribution in [2.75, 3.05) is 11.1 Å². The van der Waals surface area contributed by atoms with Gasteiger partial charge in [-0.05, 0) is 58.5 Å². The van der Waals surface area contributed by atoms with Crippen LogP contribution in [0, 0.1) is 15.2 Å². The summed E-state index contributed by atoms with van der Waals surface area (Å²) < 4.78 is 26.8. The van der Waals surface area contributed by atoms with E-state index < -0.39 is 11.6 Å². The third-order valence-corrected chi connectivity index (χ3v) is 3.35. The average Bonchev–Trinajstić information content (AvgIpc) is 2.32. The van der Waals surface area contributed by atoms with Crippen molar-refractivity contribution >= 4 is 34.0 Å². The van der Waals surface area contributed by atoms with Crippen molar-refractivity contribution in [3.05, 3.63) is 57.2 Å². The molecule has 2 aromatic rings. The van der Waals surface area contributed by atoms with E-state index in [1.54, 1.807) is 12.1 Å². The summed E-state index contributed by atoms with van der Waals surface area (Å²) in [5.74, 6) is -1.66. The topological polar surface area (TPSA) is 38.0 Å². The van der Waals surface area contributed by atoms with Gasteiger partial charge in [0.25, 0.3) is 0 Å². The summed E-state index contributed by atoms with van der Waals surface area (Å²) in [4.78, 5) is 0. The lowest BCUT2D eigenvalue weighted by Gasteiger charge is -2.09. The van der Waals surface area contributed by atoms with Crippen molar-refractivity contribution in [2.24, 2.45) is 0 Å². The molecule has 0 aliphatic carbocycles. The lowest BCUT2D eigenvalue weighted by atomic mass is 10.2. The van der Waals surface area contributed by atoms with Gasteiger partial charge >= 0.3 is 0 Å². The summed E-state index contributed by atoms with van der Waals surface area (Å²) in [6.45, 7) is 0.428. The number of anilines is 2. The van der Waals surface area contributed by atoms with E-state index in [-0.39, 0.29) is 0 Å².